The number of hydrogen-bond donors (Lipinski definition) is 4. The molecule has 2 aromatic heterocycles. The number of nitro groups is 1. The largest absolute Gasteiger partial charge is 0.482 e. The molecule has 0 spiro atoms. The number of rotatable bonds is 10. The first kappa shape index (κ1) is 40.4. The number of ether oxygens (including phenoxy) is 7. The van der Waals surface area contributed by atoms with Crippen LogP contribution in [0.25, 0.3) is 0 Å². The van der Waals surface area contributed by atoms with E-state index in [4.69, 9.17) is 33.2 Å². The number of nitro benzene ring substituents is 1. The number of H-pyrrole nitrogens is 2. The molecule has 2 aromatic carbocycles. The van der Waals surface area contributed by atoms with Crippen LogP contribution in [0.2, 0.25) is 0 Å². The summed E-state index contributed by atoms with van der Waals surface area (Å²) in [5, 5.41) is 33.9. The van der Waals surface area contributed by atoms with Crippen molar-refractivity contribution in [2.75, 3.05) is 34.5 Å². The fourth-order valence-electron chi connectivity index (χ4n) is 6.42. The molecule has 55 heavy (non-hydrogen) atoms. The minimum atomic E-state index is -1.63. The fourth-order valence-corrected chi connectivity index (χ4v) is 6.42. The van der Waals surface area contributed by atoms with Gasteiger partial charge in [0.25, 0.3) is 16.8 Å². The van der Waals surface area contributed by atoms with Crippen LogP contribution in [0.4, 0.5) is 5.69 Å². The third kappa shape index (κ3) is 7.91. The van der Waals surface area contributed by atoms with E-state index in [2.05, 4.69) is 9.97 Å². The van der Waals surface area contributed by atoms with Crippen LogP contribution >= 0.6 is 0 Å². The van der Waals surface area contributed by atoms with Gasteiger partial charge < -0.3 is 53.3 Å². The Bertz CT molecular complexity index is 2160. The first-order chi connectivity index (χ1) is 25.9. The maximum Gasteiger partial charge on any atom is 0.337 e. The van der Waals surface area contributed by atoms with Crippen LogP contribution in [0.3, 0.4) is 0 Å². The van der Waals surface area contributed by atoms with E-state index in [1.165, 1.54) is 77.0 Å². The number of benzene rings is 2. The van der Waals surface area contributed by atoms with Crippen molar-refractivity contribution < 1.29 is 53.1 Å². The van der Waals surface area contributed by atoms with Crippen LogP contribution in [-0.2, 0) is 14.2 Å². The number of aromatic amines is 2. The average molecular weight is 766 g/mol. The van der Waals surface area contributed by atoms with E-state index in [-0.39, 0.29) is 47.1 Å². The molecule has 4 heterocycles. The standard InChI is InChI=1S/C20H23NO7.C18H20N2O7/c1-19(11-25-3)20(2,24)17(27-13-7-8-21-16(22)10-13)14-9-12(18(23)26-4)5-6-15(14)28-19;1-17(10-25-3)18(2,22)16(26-12-6-7-19-15(21)9-12)13-8-11(20(23)24)4-5-14(13)27-17/h5-10,17,24H,11H2,1-4H3,(H,21,22);4-9,16,22H,10H2,1-3H3,(H,19,21). The molecule has 2 aliphatic rings. The maximum absolute atomic E-state index is 12.0. The summed E-state index contributed by atoms with van der Waals surface area (Å²) in [5.41, 5.74) is -5.36. The zero-order valence-corrected chi connectivity index (χ0v) is 31.2. The number of pyridine rings is 2. The third-order valence-corrected chi connectivity index (χ3v) is 9.87. The van der Waals surface area contributed by atoms with E-state index in [0.717, 1.165) is 0 Å². The summed E-state index contributed by atoms with van der Waals surface area (Å²) in [7, 11) is 4.27. The van der Waals surface area contributed by atoms with Gasteiger partial charge in [0.1, 0.15) is 34.2 Å². The first-order valence-corrected chi connectivity index (χ1v) is 16.9. The second kappa shape index (κ2) is 15.5. The number of nitrogens with one attached hydrogen (secondary N) is 2. The van der Waals surface area contributed by atoms with Gasteiger partial charge >= 0.3 is 5.97 Å². The Morgan fingerprint density at radius 3 is 1.62 bits per heavy atom. The van der Waals surface area contributed by atoms with E-state index in [1.807, 2.05) is 0 Å². The summed E-state index contributed by atoms with van der Waals surface area (Å²) in [6.07, 6.45) is 0.881. The highest BCUT2D eigenvalue weighted by Crippen LogP contribution is 2.50. The number of fused-ring (bicyclic) bond motifs is 2. The Morgan fingerprint density at radius 1 is 0.745 bits per heavy atom. The molecule has 0 fully saturated rings. The highest BCUT2D eigenvalue weighted by Gasteiger charge is 2.58. The molecule has 0 saturated heterocycles. The van der Waals surface area contributed by atoms with E-state index in [9.17, 15) is 34.7 Å². The molecule has 4 N–H and O–H groups in total. The van der Waals surface area contributed by atoms with E-state index < -0.39 is 45.5 Å². The molecule has 0 saturated carbocycles. The lowest BCUT2D eigenvalue weighted by molar-refractivity contribution is -0.385. The Labute approximate surface area is 314 Å². The summed E-state index contributed by atoms with van der Waals surface area (Å²) in [4.78, 5) is 50.8. The molecular formula is C38H43N3O14. The molecule has 4 aromatic rings. The van der Waals surface area contributed by atoms with Crippen molar-refractivity contribution in [3.05, 3.63) is 121 Å². The summed E-state index contributed by atoms with van der Waals surface area (Å²) >= 11 is 0. The third-order valence-electron chi connectivity index (χ3n) is 9.87. The molecule has 0 bridgehead atoms. The second-order valence-electron chi connectivity index (χ2n) is 13.8. The van der Waals surface area contributed by atoms with E-state index in [1.54, 1.807) is 45.0 Å². The topological polar surface area (TPSA) is 231 Å². The van der Waals surface area contributed by atoms with Crippen LogP contribution in [0.15, 0.2) is 82.6 Å². The van der Waals surface area contributed by atoms with Crippen LogP contribution in [0, 0.1) is 10.1 Å². The van der Waals surface area contributed by atoms with Crippen LogP contribution < -0.4 is 30.1 Å². The second-order valence-corrected chi connectivity index (χ2v) is 13.8. The van der Waals surface area contributed by atoms with Crippen molar-refractivity contribution in [1.82, 2.24) is 9.97 Å². The van der Waals surface area contributed by atoms with Crippen molar-refractivity contribution in [2.24, 2.45) is 0 Å². The molecule has 6 atom stereocenters. The van der Waals surface area contributed by atoms with Gasteiger partial charge in [0.2, 0.25) is 0 Å². The molecule has 294 valence electrons. The zero-order valence-electron chi connectivity index (χ0n) is 31.2. The van der Waals surface area contributed by atoms with Crippen molar-refractivity contribution >= 4 is 11.7 Å². The number of hydrogen-bond acceptors (Lipinski definition) is 14. The Balaban J connectivity index is 0.000000211. The number of non-ortho nitro benzene ring substituents is 1. The van der Waals surface area contributed by atoms with Crippen molar-refractivity contribution in [2.45, 2.75) is 62.3 Å². The summed E-state index contributed by atoms with van der Waals surface area (Å²) in [5.74, 6) is 0.728. The number of nitrogens with zero attached hydrogens (tertiary/aromatic N) is 1. The van der Waals surface area contributed by atoms with Gasteiger partial charge in [-0.2, -0.15) is 0 Å². The Morgan fingerprint density at radius 2 is 1.20 bits per heavy atom. The van der Waals surface area contributed by atoms with Crippen LogP contribution in [0.1, 0.15) is 61.4 Å². The summed E-state index contributed by atoms with van der Waals surface area (Å²) in [6, 6.07) is 14.4. The maximum atomic E-state index is 12.0. The minimum absolute atomic E-state index is 0.0473. The number of aromatic nitrogens is 2. The highest BCUT2D eigenvalue weighted by atomic mass is 16.6. The van der Waals surface area contributed by atoms with Gasteiger partial charge in [0, 0.05) is 62.0 Å². The predicted octanol–water partition coefficient (Wildman–Crippen LogP) is 3.78. The molecule has 2 aliphatic heterocycles. The normalized spacial score (nSPS) is 26.4. The first-order valence-electron chi connectivity index (χ1n) is 16.9. The Hall–Kier alpha value is -5.75. The zero-order chi connectivity index (χ0) is 40.3. The van der Waals surface area contributed by atoms with Gasteiger partial charge in [-0.1, -0.05) is 0 Å². The van der Waals surface area contributed by atoms with Gasteiger partial charge in [0.15, 0.2) is 23.4 Å². The average Bonchev–Trinajstić information content (AvgIpc) is 3.12. The monoisotopic (exact) mass is 765 g/mol. The van der Waals surface area contributed by atoms with Gasteiger partial charge in [-0.05, 0) is 64.1 Å². The quantitative estimate of drug-likeness (QED) is 0.102. The van der Waals surface area contributed by atoms with Crippen molar-refractivity contribution in [3.63, 3.8) is 0 Å². The Kier molecular flexibility index (Phi) is 11.4. The number of carbonyl (C=O) groups is 1. The fraction of sp³-hybridized carbons (Fsp3) is 0.395. The number of aliphatic hydroxyl groups is 2. The van der Waals surface area contributed by atoms with Crippen LogP contribution in [-0.4, -0.2) is 88.0 Å². The molecule has 0 aliphatic carbocycles. The molecule has 0 amide bonds. The van der Waals surface area contributed by atoms with Gasteiger partial charge in [-0.3, -0.25) is 19.7 Å². The van der Waals surface area contributed by atoms with Crippen molar-refractivity contribution in [1.29, 1.82) is 0 Å². The summed E-state index contributed by atoms with van der Waals surface area (Å²) < 4.78 is 39.2. The lowest BCUT2D eigenvalue weighted by Crippen LogP contribution is -2.63. The van der Waals surface area contributed by atoms with E-state index >= 15 is 0 Å². The highest BCUT2D eigenvalue weighted by molar-refractivity contribution is 5.89. The molecule has 17 nitrogen and oxygen atoms in total. The molecular weight excluding hydrogens is 722 g/mol. The predicted molar refractivity (Wildman–Crippen MR) is 195 cm³/mol. The summed E-state index contributed by atoms with van der Waals surface area (Å²) in [6.45, 7) is 6.58. The van der Waals surface area contributed by atoms with Crippen LogP contribution in [0.5, 0.6) is 23.0 Å². The number of methoxy groups -OCH3 is 3. The van der Waals surface area contributed by atoms with Gasteiger partial charge in [-0.25, -0.2) is 4.79 Å². The number of esters is 1. The lowest BCUT2D eigenvalue weighted by atomic mass is 9.76. The van der Waals surface area contributed by atoms with Gasteiger partial charge in [0.05, 0.1) is 30.8 Å². The molecule has 6 rings (SSSR count). The van der Waals surface area contributed by atoms with Crippen molar-refractivity contribution in [3.8, 4) is 23.0 Å². The molecule has 6 unspecified atom stereocenters. The smallest absolute Gasteiger partial charge is 0.337 e. The lowest BCUT2D eigenvalue weighted by Gasteiger charge is -2.50. The SMILES string of the molecule is COCC1(C)Oc2ccc(C(=O)OC)cc2C(Oc2cc[nH]c(=O)c2)C1(C)O.COCC1(C)Oc2ccc([N+](=O)[O-])cc2C(Oc2cc[nH]c(=O)c2)C1(C)O. The van der Waals surface area contributed by atoms with E-state index in [0.29, 0.717) is 22.6 Å². The van der Waals surface area contributed by atoms with Gasteiger partial charge in [-0.15, -0.1) is 0 Å². The minimum Gasteiger partial charge on any atom is -0.482 e. The number of carbonyl (C=O) groups excluding carboxylic acids is 1. The molecule has 0 radical (unpaired) electrons. The molecule has 17 heteroatoms.